The Labute approximate surface area is 144 Å². The van der Waals surface area contributed by atoms with E-state index in [1.807, 2.05) is 36.4 Å². The number of hydrogen-bond donors (Lipinski definition) is 2. The fourth-order valence-electron chi connectivity index (χ4n) is 2.46. The molecule has 1 amide bonds. The molecule has 4 heteroatoms. The van der Waals surface area contributed by atoms with Crippen molar-refractivity contribution < 1.29 is 9.53 Å². The highest BCUT2D eigenvalue weighted by Crippen LogP contribution is 2.11. The number of hydrogen-bond acceptors (Lipinski definition) is 3. The third kappa shape index (κ3) is 6.05. The average molecular weight is 326 g/mol. The molecule has 0 aliphatic heterocycles. The molecule has 2 aromatic carbocycles. The average Bonchev–Trinajstić information content (AvgIpc) is 2.61. The highest BCUT2D eigenvalue weighted by Gasteiger charge is 2.02. The van der Waals surface area contributed by atoms with Gasteiger partial charge >= 0.3 is 0 Å². The lowest BCUT2D eigenvalue weighted by Gasteiger charge is -2.08. The quantitative estimate of drug-likeness (QED) is 0.697. The fourth-order valence-corrected chi connectivity index (χ4v) is 2.46. The van der Waals surface area contributed by atoms with Crippen molar-refractivity contribution in [1.29, 1.82) is 0 Å². The summed E-state index contributed by atoms with van der Waals surface area (Å²) in [6.45, 7) is 4.24. The molecule has 0 saturated heterocycles. The van der Waals surface area contributed by atoms with Crippen LogP contribution in [-0.2, 0) is 17.8 Å². The topological polar surface area (TPSA) is 50.4 Å². The predicted octanol–water partition coefficient (Wildman–Crippen LogP) is 2.84. The first-order valence-electron chi connectivity index (χ1n) is 8.34. The van der Waals surface area contributed by atoms with E-state index in [1.165, 1.54) is 16.7 Å². The van der Waals surface area contributed by atoms with Gasteiger partial charge in [0.05, 0.1) is 7.11 Å². The summed E-state index contributed by atoms with van der Waals surface area (Å²) < 4.78 is 5.13. The number of ether oxygens (including phenoxy) is 1. The SMILES string of the molecule is COc1ccc(CCNC(=O)CCNCc2ccccc2C)cc1. The highest BCUT2D eigenvalue weighted by atomic mass is 16.5. The zero-order chi connectivity index (χ0) is 17.2. The van der Waals surface area contributed by atoms with Crippen LogP contribution in [0.15, 0.2) is 48.5 Å². The Kier molecular flexibility index (Phi) is 7.30. The van der Waals surface area contributed by atoms with E-state index in [1.54, 1.807) is 7.11 Å². The number of methoxy groups -OCH3 is 1. The van der Waals surface area contributed by atoms with Gasteiger partial charge in [0.15, 0.2) is 0 Å². The number of carbonyl (C=O) groups excluding carboxylic acids is 1. The normalized spacial score (nSPS) is 10.4. The van der Waals surface area contributed by atoms with Crippen LogP contribution >= 0.6 is 0 Å². The van der Waals surface area contributed by atoms with Gasteiger partial charge in [-0.05, 0) is 42.2 Å². The smallest absolute Gasteiger partial charge is 0.221 e. The van der Waals surface area contributed by atoms with E-state index in [0.29, 0.717) is 19.5 Å². The standard InChI is InChI=1S/C20H26N2O2/c1-16-5-3-4-6-18(16)15-21-13-12-20(23)22-14-11-17-7-9-19(24-2)10-8-17/h3-10,21H,11-15H2,1-2H3,(H,22,23). The molecule has 128 valence electrons. The molecule has 0 fully saturated rings. The number of rotatable bonds is 9. The Balaban J connectivity index is 1.58. The van der Waals surface area contributed by atoms with Gasteiger partial charge in [0.25, 0.3) is 0 Å². The zero-order valence-electron chi connectivity index (χ0n) is 14.5. The maximum atomic E-state index is 11.8. The van der Waals surface area contributed by atoms with Gasteiger partial charge in [-0.2, -0.15) is 0 Å². The fraction of sp³-hybridized carbons (Fsp3) is 0.350. The number of carbonyl (C=O) groups is 1. The Hall–Kier alpha value is -2.33. The molecule has 2 N–H and O–H groups in total. The highest BCUT2D eigenvalue weighted by molar-refractivity contribution is 5.76. The molecular weight excluding hydrogens is 300 g/mol. The van der Waals surface area contributed by atoms with E-state index in [0.717, 1.165) is 18.7 Å². The first-order valence-corrected chi connectivity index (χ1v) is 8.34. The van der Waals surface area contributed by atoms with Crippen LogP contribution in [0, 0.1) is 6.92 Å². The number of amides is 1. The third-order valence-electron chi connectivity index (χ3n) is 4.00. The summed E-state index contributed by atoms with van der Waals surface area (Å²) in [5.74, 6) is 0.934. The van der Waals surface area contributed by atoms with E-state index in [4.69, 9.17) is 4.74 Å². The van der Waals surface area contributed by atoms with E-state index < -0.39 is 0 Å². The van der Waals surface area contributed by atoms with Crippen LogP contribution in [-0.4, -0.2) is 26.1 Å². The van der Waals surface area contributed by atoms with Crippen LogP contribution in [0.1, 0.15) is 23.1 Å². The van der Waals surface area contributed by atoms with Crippen molar-refractivity contribution >= 4 is 5.91 Å². The van der Waals surface area contributed by atoms with Crippen molar-refractivity contribution in [1.82, 2.24) is 10.6 Å². The predicted molar refractivity (Wildman–Crippen MR) is 97.2 cm³/mol. The Morgan fingerprint density at radius 2 is 1.79 bits per heavy atom. The van der Waals surface area contributed by atoms with Crippen LogP contribution in [0.2, 0.25) is 0 Å². The van der Waals surface area contributed by atoms with Gasteiger partial charge in [-0.3, -0.25) is 4.79 Å². The van der Waals surface area contributed by atoms with E-state index in [9.17, 15) is 4.79 Å². The molecule has 2 rings (SSSR count). The maximum absolute atomic E-state index is 11.8. The molecule has 0 aliphatic carbocycles. The summed E-state index contributed by atoms with van der Waals surface area (Å²) in [4.78, 5) is 11.8. The van der Waals surface area contributed by atoms with Crippen molar-refractivity contribution in [3.05, 3.63) is 65.2 Å². The Morgan fingerprint density at radius 3 is 2.50 bits per heavy atom. The molecule has 0 spiro atoms. The Morgan fingerprint density at radius 1 is 1.04 bits per heavy atom. The minimum absolute atomic E-state index is 0.0841. The van der Waals surface area contributed by atoms with Crippen LogP contribution in [0.5, 0.6) is 5.75 Å². The molecule has 0 unspecified atom stereocenters. The van der Waals surface area contributed by atoms with E-state index >= 15 is 0 Å². The molecular formula is C20H26N2O2. The molecule has 0 heterocycles. The second-order valence-electron chi connectivity index (χ2n) is 5.80. The van der Waals surface area contributed by atoms with Crippen LogP contribution < -0.4 is 15.4 Å². The minimum atomic E-state index is 0.0841. The molecule has 0 atom stereocenters. The molecule has 0 aliphatic rings. The monoisotopic (exact) mass is 326 g/mol. The lowest BCUT2D eigenvalue weighted by Crippen LogP contribution is -2.29. The van der Waals surface area contributed by atoms with Gasteiger partial charge in [0.2, 0.25) is 5.91 Å². The van der Waals surface area contributed by atoms with Crippen LogP contribution in [0.25, 0.3) is 0 Å². The molecule has 0 saturated carbocycles. The van der Waals surface area contributed by atoms with Gasteiger partial charge in [0.1, 0.15) is 5.75 Å². The van der Waals surface area contributed by atoms with E-state index in [2.05, 4.69) is 29.7 Å². The molecule has 0 bridgehead atoms. The Bertz CT molecular complexity index is 638. The second kappa shape index (κ2) is 9.73. The van der Waals surface area contributed by atoms with Gasteiger partial charge in [-0.15, -0.1) is 0 Å². The number of benzene rings is 2. The maximum Gasteiger partial charge on any atom is 0.221 e. The first kappa shape index (κ1) is 18.0. The summed E-state index contributed by atoms with van der Waals surface area (Å²) in [5.41, 5.74) is 3.74. The van der Waals surface area contributed by atoms with Crippen molar-refractivity contribution in [2.45, 2.75) is 26.3 Å². The van der Waals surface area contributed by atoms with Crippen LogP contribution in [0.3, 0.4) is 0 Å². The van der Waals surface area contributed by atoms with Crippen molar-refractivity contribution in [3.63, 3.8) is 0 Å². The van der Waals surface area contributed by atoms with Crippen molar-refractivity contribution in [3.8, 4) is 5.75 Å². The molecule has 24 heavy (non-hydrogen) atoms. The van der Waals surface area contributed by atoms with Crippen molar-refractivity contribution in [2.24, 2.45) is 0 Å². The van der Waals surface area contributed by atoms with Gasteiger partial charge in [0, 0.05) is 26.1 Å². The van der Waals surface area contributed by atoms with Gasteiger partial charge in [-0.25, -0.2) is 0 Å². The summed E-state index contributed by atoms with van der Waals surface area (Å²) >= 11 is 0. The van der Waals surface area contributed by atoms with Gasteiger partial charge in [-0.1, -0.05) is 36.4 Å². The van der Waals surface area contributed by atoms with Gasteiger partial charge < -0.3 is 15.4 Å². The number of aryl methyl sites for hydroxylation is 1. The molecule has 0 aromatic heterocycles. The summed E-state index contributed by atoms with van der Waals surface area (Å²) in [7, 11) is 1.66. The van der Waals surface area contributed by atoms with Crippen LogP contribution in [0.4, 0.5) is 0 Å². The zero-order valence-corrected chi connectivity index (χ0v) is 14.5. The summed E-state index contributed by atoms with van der Waals surface area (Å²) in [6, 6.07) is 16.2. The molecule has 4 nitrogen and oxygen atoms in total. The number of nitrogens with one attached hydrogen (secondary N) is 2. The van der Waals surface area contributed by atoms with Crippen molar-refractivity contribution in [2.75, 3.05) is 20.2 Å². The van der Waals surface area contributed by atoms with E-state index in [-0.39, 0.29) is 5.91 Å². The first-order chi connectivity index (χ1) is 11.7. The molecule has 2 aromatic rings. The lowest BCUT2D eigenvalue weighted by atomic mass is 10.1. The summed E-state index contributed by atoms with van der Waals surface area (Å²) in [5, 5.41) is 6.28. The lowest BCUT2D eigenvalue weighted by molar-refractivity contribution is -0.120. The largest absolute Gasteiger partial charge is 0.497 e. The second-order valence-corrected chi connectivity index (χ2v) is 5.80. The molecule has 0 radical (unpaired) electrons. The third-order valence-corrected chi connectivity index (χ3v) is 4.00. The minimum Gasteiger partial charge on any atom is -0.497 e. The summed E-state index contributed by atoms with van der Waals surface area (Å²) in [6.07, 6.45) is 1.32.